The number of rotatable bonds is 4. The van der Waals surface area contributed by atoms with Crippen LogP contribution in [-0.4, -0.2) is 5.91 Å². The van der Waals surface area contributed by atoms with Crippen LogP contribution in [0.5, 0.6) is 0 Å². The maximum atomic E-state index is 11.8. The van der Waals surface area contributed by atoms with E-state index in [-0.39, 0.29) is 5.91 Å². The molecule has 1 amide bonds. The van der Waals surface area contributed by atoms with E-state index in [9.17, 15) is 4.79 Å². The van der Waals surface area contributed by atoms with Gasteiger partial charge in [0.1, 0.15) is 0 Å². The van der Waals surface area contributed by atoms with Gasteiger partial charge in [-0.25, -0.2) is 0 Å². The van der Waals surface area contributed by atoms with Gasteiger partial charge in [-0.2, -0.15) is 0 Å². The number of amides is 1. The fraction of sp³-hybridized carbons (Fsp3) is 0.0625. The second-order valence-electron chi connectivity index (χ2n) is 4.06. The van der Waals surface area contributed by atoms with Crippen LogP contribution >= 0.6 is 22.6 Å². The molecule has 2 rings (SSSR count). The fourth-order valence-corrected chi connectivity index (χ4v) is 2.27. The first-order valence-electron chi connectivity index (χ1n) is 6.00. The molecule has 0 bridgehead atoms. The zero-order chi connectivity index (χ0) is 13.5. The summed E-state index contributed by atoms with van der Waals surface area (Å²) in [4.78, 5) is 11.8. The molecule has 0 fully saturated rings. The highest BCUT2D eigenvalue weighted by Gasteiger charge is 2.01. The number of carbonyl (C=O) groups excluding carboxylic acids is 1. The standard InChI is InChI=1S/C16H14INO/c17-15(14-9-5-2-6-10-14)11-16(19)18-12-13-7-3-1-4-8-13/h1-11H,12H2,(H,18,19)/b15-11-. The van der Waals surface area contributed by atoms with Crippen LogP contribution < -0.4 is 5.32 Å². The highest BCUT2D eigenvalue weighted by molar-refractivity contribution is 14.1. The molecule has 0 saturated carbocycles. The zero-order valence-corrected chi connectivity index (χ0v) is 12.5. The summed E-state index contributed by atoms with van der Waals surface area (Å²) in [6.45, 7) is 0.550. The topological polar surface area (TPSA) is 29.1 Å². The third-order valence-electron chi connectivity index (χ3n) is 2.62. The molecule has 0 unspecified atom stereocenters. The number of hydrogen-bond acceptors (Lipinski definition) is 1. The summed E-state index contributed by atoms with van der Waals surface area (Å²) in [6.07, 6.45) is 1.62. The summed E-state index contributed by atoms with van der Waals surface area (Å²) in [5.41, 5.74) is 2.15. The van der Waals surface area contributed by atoms with Gasteiger partial charge in [-0.05, 0) is 33.7 Å². The van der Waals surface area contributed by atoms with E-state index in [0.717, 1.165) is 14.7 Å². The van der Waals surface area contributed by atoms with Crippen LogP contribution in [-0.2, 0) is 11.3 Å². The lowest BCUT2D eigenvalue weighted by Crippen LogP contribution is -2.20. The Bertz CT molecular complexity index is 564. The Morgan fingerprint density at radius 3 is 2.21 bits per heavy atom. The van der Waals surface area contributed by atoms with Crippen molar-refractivity contribution < 1.29 is 4.79 Å². The molecule has 0 aliphatic heterocycles. The summed E-state index contributed by atoms with van der Waals surface area (Å²) >= 11 is 2.18. The van der Waals surface area contributed by atoms with Gasteiger partial charge in [0.05, 0.1) is 0 Å². The molecule has 0 atom stereocenters. The number of benzene rings is 2. The number of carbonyl (C=O) groups is 1. The van der Waals surface area contributed by atoms with Gasteiger partial charge in [0, 0.05) is 16.2 Å². The first kappa shape index (κ1) is 13.8. The fourth-order valence-electron chi connectivity index (χ4n) is 1.63. The number of hydrogen-bond donors (Lipinski definition) is 1. The summed E-state index contributed by atoms with van der Waals surface area (Å²) in [5.74, 6) is -0.0721. The zero-order valence-electron chi connectivity index (χ0n) is 10.3. The van der Waals surface area contributed by atoms with Crippen LogP contribution in [0.4, 0.5) is 0 Å². The molecule has 0 aliphatic rings. The Morgan fingerprint density at radius 1 is 1.00 bits per heavy atom. The molecule has 0 spiro atoms. The van der Waals surface area contributed by atoms with Gasteiger partial charge in [0.25, 0.3) is 0 Å². The maximum absolute atomic E-state index is 11.8. The Balaban J connectivity index is 1.94. The number of nitrogens with one attached hydrogen (secondary N) is 1. The molecule has 0 aromatic heterocycles. The van der Waals surface area contributed by atoms with Crippen molar-refractivity contribution in [2.45, 2.75) is 6.54 Å². The minimum absolute atomic E-state index is 0.0721. The van der Waals surface area contributed by atoms with E-state index in [0.29, 0.717) is 6.54 Å². The highest BCUT2D eigenvalue weighted by atomic mass is 127. The third-order valence-corrected chi connectivity index (χ3v) is 3.55. The number of halogens is 1. The average Bonchev–Trinajstić information content (AvgIpc) is 2.47. The monoisotopic (exact) mass is 363 g/mol. The van der Waals surface area contributed by atoms with Crippen LogP contribution in [0.1, 0.15) is 11.1 Å². The molecular weight excluding hydrogens is 349 g/mol. The second-order valence-corrected chi connectivity index (χ2v) is 5.22. The molecule has 0 heterocycles. The predicted molar refractivity (Wildman–Crippen MR) is 86.7 cm³/mol. The first-order chi connectivity index (χ1) is 9.25. The van der Waals surface area contributed by atoms with Crippen molar-refractivity contribution in [3.63, 3.8) is 0 Å². The first-order valence-corrected chi connectivity index (χ1v) is 7.08. The lowest BCUT2D eigenvalue weighted by molar-refractivity contribution is -0.116. The molecule has 1 N–H and O–H groups in total. The highest BCUT2D eigenvalue weighted by Crippen LogP contribution is 2.20. The van der Waals surface area contributed by atoms with Crippen molar-refractivity contribution in [2.75, 3.05) is 0 Å². The van der Waals surface area contributed by atoms with Gasteiger partial charge in [0.15, 0.2) is 0 Å². The van der Waals surface area contributed by atoms with Crippen LogP contribution in [0, 0.1) is 0 Å². The van der Waals surface area contributed by atoms with Crippen molar-refractivity contribution in [2.24, 2.45) is 0 Å². The van der Waals surface area contributed by atoms with Crippen LogP contribution in [0.25, 0.3) is 3.58 Å². The van der Waals surface area contributed by atoms with Crippen molar-refractivity contribution >= 4 is 32.1 Å². The summed E-state index contributed by atoms with van der Waals surface area (Å²) in [5, 5.41) is 2.88. The second kappa shape index (κ2) is 7.09. The van der Waals surface area contributed by atoms with Gasteiger partial charge in [-0.3, -0.25) is 4.79 Å². The van der Waals surface area contributed by atoms with Crippen molar-refractivity contribution in [3.05, 3.63) is 77.9 Å². The van der Waals surface area contributed by atoms with E-state index in [1.807, 2.05) is 60.7 Å². The summed E-state index contributed by atoms with van der Waals surface area (Å²) in [6, 6.07) is 19.7. The van der Waals surface area contributed by atoms with E-state index in [1.165, 1.54) is 0 Å². The Kier molecular flexibility index (Phi) is 5.15. The molecule has 0 radical (unpaired) electrons. The van der Waals surface area contributed by atoms with E-state index in [4.69, 9.17) is 0 Å². The van der Waals surface area contributed by atoms with Crippen LogP contribution in [0.2, 0.25) is 0 Å². The van der Waals surface area contributed by atoms with Gasteiger partial charge in [0.2, 0.25) is 5.91 Å². The van der Waals surface area contributed by atoms with Gasteiger partial charge in [-0.15, -0.1) is 0 Å². The van der Waals surface area contributed by atoms with Crippen molar-refractivity contribution in [3.8, 4) is 0 Å². The molecule has 2 aromatic carbocycles. The van der Waals surface area contributed by atoms with E-state index < -0.39 is 0 Å². The van der Waals surface area contributed by atoms with Gasteiger partial charge >= 0.3 is 0 Å². The molecule has 2 aromatic rings. The molecule has 96 valence electrons. The lowest BCUT2D eigenvalue weighted by atomic mass is 10.2. The van der Waals surface area contributed by atoms with Crippen molar-refractivity contribution in [1.29, 1.82) is 0 Å². The normalized spacial score (nSPS) is 11.1. The van der Waals surface area contributed by atoms with Gasteiger partial charge < -0.3 is 5.32 Å². The summed E-state index contributed by atoms with van der Waals surface area (Å²) in [7, 11) is 0. The van der Waals surface area contributed by atoms with Crippen molar-refractivity contribution in [1.82, 2.24) is 5.32 Å². The molecule has 2 nitrogen and oxygen atoms in total. The molecular formula is C16H14INO. The molecule has 0 aliphatic carbocycles. The van der Waals surface area contributed by atoms with E-state index in [1.54, 1.807) is 6.08 Å². The quantitative estimate of drug-likeness (QED) is 0.650. The Hall–Kier alpha value is -1.62. The van der Waals surface area contributed by atoms with E-state index in [2.05, 4.69) is 27.9 Å². The molecule has 0 saturated heterocycles. The molecule has 3 heteroatoms. The van der Waals surface area contributed by atoms with E-state index >= 15 is 0 Å². The minimum atomic E-state index is -0.0721. The van der Waals surface area contributed by atoms with Crippen LogP contribution in [0.15, 0.2) is 66.7 Å². The maximum Gasteiger partial charge on any atom is 0.245 e. The predicted octanol–water partition coefficient (Wildman–Crippen LogP) is 3.78. The smallest absolute Gasteiger partial charge is 0.245 e. The van der Waals surface area contributed by atoms with Gasteiger partial charge in [-0.1, -0.05) is 60.7 Å². The summed E-state index contributed by atoms with van der Waals surface area (Å²) < 4.78 is 0.934. The lowest BCUT2D eigenvalue weighted by Gasteiger charge is -2.03. The van der Waals surface area contributed by atoms with Crippen LogP contribution in [0.3, 0.4) is 0 Å². The minimum Gasteiger partial charge on any atom is -0.348 e. The Morgan fingerprint density at radius 2 is 1.58 bits per heavy atom. The Labute approximate surface area is 126 Å². The molecule has 19 heavy (non-hydrogen) atoms. The average molecular weight is 363 g/mol. The largest absolute Gasteiger partial charge is 0.348 e. The SMILES string of the molecule is O=C(/C=C(\I)c1ccccc1)NCc1ccccc1. The third kappa shape index (κ3) is 4.52.